The Balaban J connectivity index is 1.71. The van der Waals surface area contributed by atoms with E-state index in [1.54, 1.807) is 0 Å². The maximum atomic E-state index is 5.46. The number of hydrogen-bond acceptors (Lipinski definition) is 2. The molecule has 3 heteroatoms. The molecule has 0 N–H and O–H groups in total. The van der Waals surface area contributed by atoms with Gasteiger partial charge < -0.3 is 9.47 Å². The molecule has 0 heterocycles. The fourth-order valence-electron chi connectivity index (χ4n) is 1.37. The maximum absolute atomic E-state index is 5.46. The van der Waals surface area contributed by atoms with Gasteiger partial charge in [-0.1, -0.05) is 30.3 Å². The Morgan fingerprint density at radius 3 is 2.29 bits per heavy atom. The van der Waals surface area contributed by atoms with Gasteiger partial charge in [0.15, 0.2) is 6.79 Å². The van der Waals surface area contributed by atoms with E-state index in [9.17, 15) is 0 Å². The molecule has 0 aliphatic heterocycles. The second kappa shape index (κ2) is 6.61. The van der Waals surface area contributed by atoms with Crippen molar-refractivity contribution < 1.29 is 9.47 Å². The van der Waals surface area contributed by atoms with Crippen LogP contribution < -0.4 is 4.74 Å². The van der Waals surface area contributed by atoms with Crippen LogP contribution in [0.5, 0.6) is 5.75 Å². The lowest BCUT2D eigenvalue weighted by Crippen LogP contribution is -2.02. The summed E-state index contributed by atoms with van der Waals surface area (Å²) >= 11 is 2.26. The zero-order valence-electron chi connectivity index (χ0n) is 9.30. The molecule has 0 saturated carbocycles. The highest BCUT2D eigenvalue weighted by Gasteiger charge is 1.94. The molecular formula is C14H13IO2. The smallest absolute Gasteiger partial charge is 0.189 e. The molecule has 2 rings (SSSR count). The Labute approximate surface area is 115 Å². The maximum Gasteiger partial charge on any atom is 0.189 e. The first-order valence-corrected chi connectivity index (χ1v) is 6.42. The minimum atomic E-state index is 0.273. The number of halogens is 1. The number of ether oxygens (including phenoxy) is 2. The van der Waals surface area contributed by atoms with Crippen molar-refractivity contribution in [3.05, 3.63) is 63.7 Å². The largest absolute Gasteiger partial charge is 0.468 e. The van der Waals surface area contributed by atoms with Gasteiger partial charge in [0.25, 0.3) is 0 Å². The van der Waals surface area contributed by atoms with E-state index in [0.717, 1.165) is 11.3 Å². The van der Waals surface area contributed by atoms with Gasteiger partial charge >= 0.3 is 0 Å². The van der Waals surface area contributed by atoms with Crippen LogP contribution in [0.4, 0.5) is 0 Å². The van der Waals surface area contributed by atoms with Gasteiger partial charge in [-0.3, -0.25) is 0 Å². The fourth-order valence-corrected chi connectivity index (χ4v) is 1.73. The van der Waals surface area contributed by atoms with Crippen LogP contribution in [0.2, 0.25) is 0 Å². The molecule has 2 aromatic carbocycles. The van der Waals surface area contributed by atoms with E-state index >= 15 is 0 Å². The Bertz CT molecular complexity index is 440. The molecule has 2 aromatic rings. The van der Waals surface area contributed by atoms with E-state index in [1.165, 1.54) is 3.57 Å². The van der Waals surface area contributed by atoms with Gasteiger partial charge in [0, 0.05) is 3.57 Å². The quantitative estimate of drug-likeness (QED) is 0.468. The van der Waals surface area contributed by atoms with Gasteiger partial charge in [-0.15, -0.1) is 0 Å². The molecule has 17 heavy (non-hydrogen) atoms. The summed E-state index contributed by atoms with van der Waals surface area (Å²) in [4.78, 5) is 0. The molecule has 88 valence electrons. The van der Waals surface area contributed by atoms with Crippen molar-refractivity contribution in [1.29, 1.82) is 0 Å². The average Bonchev–Trinajstić information content (AvgIpc) is 2.38. The van der Waals surface area contributed by atoms with Gasteiger partial charge in [-0.2, -0.15) is 0 Å². The topological polar surface area (TPSA) is 18.5 Å². The van der Waals surface area contributed by atoms with E-state index in [2.05, 4.69) is 22.6 Å². The highest BCUT2D eigenvalue weighted by Crippen LogP contribution is 2.13. The SMILES string of the molecule is Ic1ccc(OCOCc2ccccc2)cc1. The number of hydrogen-bond donors (Lipinski definition) is 0. The van der Waals surface area contributed by atoms with Crippen LogP contribution in [0.1, 0.15) is 5.56 Å². The van der Waals surface area contributed by atoms with Crippen LogP contribution >= 0.6 is 22.6 Å². The van der Waals surface area contributed by atoms with Crippen LogP contribution in [0.3, 0.4) is 0 Å². The lowest BCUT2D eigenvalue weighted by molar-refractivity contribution is 0.00504. The first kappa shape index (κ1) is 12.4. The number of rotatable bonds is 5. The summed E-state index contributed by atoms with van der Waals surface area (Å²) in [5.74, 6) is 0.832. The van der Waals surface area contributed by atoms with Gasteiger partial charge in [0.05, 0.1) is 6.61 Å². The van der Waals surface area contributed by atoms with Crippen molar-refractivity contribution in [3.63, 3.8) is 0 Å². The summed E-state index contributed by atoms with van der Waals surface area (Å²) in [6.45, 7) is 0.848. The molecule has 0 aliphatic rings. The van der Waals surface area contributed by atoms with Crippen molar-refractivity contribution in [2.45, 2.75) is 6.61 Å². The van der Waals surface area contributed by atoms with Crippen LogP contribution in [0.15, 0.2) is 54.6 Å². The van der Waals surface area contributed by atoms with E-state index < -0.39 is 0 Å². The monoisotopic (exact) mass is 340 g/mol. The van der Waals surface area contributed by atoms with Crippen LogP contribution in [-0.2, 0) is 11.3 Å². The third kappa shape index (κ3) is 4.36. The van der Waals surface area contributed by atoms with Crippen molar-refractivity contribution in [2.75, 3.05) is 6.79 Å². The molecule has 0 aliphatic carbocycles. The summed E-state index contributed by atoms with van der Waals surface area (Å²) < 4.78 is 12.1. The summed E-state index contributed by atoms with van der Waals surface area (Å²) in [7, 11) is 0. The molecule has 0 amide bonds. The predicted octanol–water partition coefficient (Wildman–Crippen LogP) is 3.84. The Morgan fingerprint density at radius 1 is 0.882 bits per heavy atom. The Morgan fingerprint density at radius 2 is 1.59 bits per heavy atom. The highest BCUT2D eigenvalue weighted by molar-refractivity contribution is 14.1. The molecule has 0 atom stereocenters. The third-order valence-electron chi connectivity index (χ3n) is 2.23. The molecule has 0 spiro atoms. The Kier molecular flexibility index (Phi) is 4.82. The molecule has 0 aromatic heterocycles. The first-order valence-electron chi connectivity index (χ1n) is 5.34. The molecule has 0 unspecified atom stereocenters. The van der Waals surface area contributed by atoms with Crippen molar-refractivity contribution >= 4 is 22.6 Å². The lowest BCUT2D eigenvalue weighted by atomic mass is 10.2. The Hall–Kier alpha value is -1.07. The van der Waals surface area contributed by atoms with E-state index in [4.69, 9.17) is 9.47 Å². The summed E-state index contributed by atoms with van der Waals surface area (Å²) in [6.07, 6.45) is 0. The zero-order valence-corrected chi connectivity index (χ0v) is 11.5. The van der Waals surface area contributed by atoms with Gasteiger partial charge in [-0.05, 0) is 52.4 Å². The normalized spacial score (nSPS) is 10.2. The highest BCUT2D eigenvalue weighted by atomic mass is 127. The predicted molar refractivity (Wildman–Crippen MR) is 75.9 cm³/mol. The number of benzene rings is 2. The molecule has 0 bridgehead atoms. The van der Waals surface area contributed by atoms with Gasteiger partial charge in [-0.25, -0.2) is 0 Å². The molecular weight excluding hydrogens is 327 g/mol. The van der Waals surface area contributed by atoms with Crippen molar-refractivity contribution in [3.8, 4) is 5.75 Å². The van der Waals surface area contributed by atoms with Crippen molar-refractivity contribution in [1.82, 2.24) is 0 Å². The van der Waals surface area contributed by atoms with E-state index in [1.807, 2.05) is 54.6 Å². The third-order valence-corrected chi connectivity index (χ3v) is 2.95. The second-order valence-corrected chi connectivity index (χ2v) is 4.80. The zero-order chi connectivity index (χ0) is 11.9. The second-order valence-electron chi connectivity index (χ2n) is 3.55. The van der Waals surface area contributed by atoms with Crippen LogP contribution in [0.25, 0.3) is 0 Å². The lowest BCUT2D eigenvalue weighted by Gasteiger charge is -2.07. The van der Waals surface area contributed by atoms with Crippen molar-refractivity contribution in [2.24, 2.45) is 0 Å². The average molecular weight is 340 g/mol. The summed E-state index contributed by atoms with van der Waals surface area (Å²) in [5, 5.41) is 0. The van der Waals surface area contributed by atoms with Gasteiger partial charge in [0.1, 0.15) is 5.75 Å². The van der Waals surface area contributed by atoms with Crippen LogP contribution in [0, 0.1) is 3.57 Å². The minimum absolute atomic E-state index is 0.273. The van der Waals surface area contributed by atoms with Crippen LogP contribution in [-0.4, -0.2) is 6.79 Å². The molecule has 0 radical (unpaired) electrons. The summed E-state index contributed by atoms with van der Waals surface area (Å²) in [6, 6.07) is 17.9. The van der Waals surface area contributed by atoms with E-state index in [-0.39, 0.29) is 6.79 Å². The molecule has 0 fully saturated rings. The van der Waals surface area contributed by atoms with E-state index in [0.29, 0.717) is 6.61 Å². The molecule has 0 saturated heterocycles. The van der Waals surface area contributed by atoms with Gasteiger partial charge in [0.2, 0.25) is 0 Å². The fraction of sp³-hybridized carbons (Fsp3) is 0.143. The minimum Gasteiger partial charge on any atom is -0.468 e. The summed E-state index contributed by atoms with van der Waals surface area (Å²) in [5.41, 5.74) is 1.15. The first-order chi connectivity index (χ1) is 8.34. The molecule has 2 nitrogen and oxygen atoms in total. The standard InChI is InChI=1S/C14H13IO2/c15-13-6-8-14(9-7-13)17-11-16-10-12-4-2-1-3-5-12/h1-9H,10-11H2.